The zero-order valence-corrected chi connectivity index (χ0v) is 21.8. The number of hydrogen-bond donors (Lipinski definition) is 1. The summed E-state index contributed by atoms with van der Waals surface area (Å²) >= 11 is 0. The topological polar surface area (TPSA) is 49.8 Å². The summed E-state index contributed by atoms with van der Waals surface area (Å²) in [5.74, 6) is -0.314. The molecule has 2 aliphatic rings. The fourth-order valence-corrected chi connectivity index (χ4v) is 6.25. The molecule has 37 heavy (non-hydrogen) atoms. The van der Waals surface area contributed by atoms with E-state index in [1.165, 1.54) is 29.4 Å². The number of rotatable bonds is 8. The number of carbonyl (C=O) groups is 1. The van der Waals surface area contributed by atoms with Crippen LogP contribution >= 0.6 is 0 Å². The van der Waals surface area contributed by atoms with Crippen molar-refractivity contribution in [1.82, 2.24) is 4.90 Å². The second-order valence-electron chi connectivity index (χ2n) is 10.3. The van der Waals surface area contributed by atoms with Gasteiger partial charge in [0, 0.05) is 19.1 Å². The monoisotopic (exact) mass is 493 g/mol. The Labute approximate surface area is 219 Å². The highest BCUT2D eigenvalue weighted by Crippen LogP contribution is 2.57. The molecule has 0 heterocycles. The van der Waals surface area contributed by atoms with E-state index >= 15 is 0 Å². The molecule has 0 saturated heterocycles. The van der Waals surface area contributed by atoms with Crippen LogP contribution in [0.15, 0.2) is 103 Å². The number of allylic oxidation sites excluding steroid dienone is 3. The first kappa shape index (κ1) is 25.2. The van der Waals surface area contributed by atoms with Crippen molar-refractivity contribution in [2.24, 2.45) is 11.8 Å². The molecule has 4 heteroatoms. The Morgan fingerprint density at radius 3 is 2.35 bits per heavy atom. The summed E-state index contributed by atoms with van der Waals surface area (Å²) in [5, 5.41) is 10.4. The molecule has 4 nitrogen and oxygen atoms in total. The predicted molar refractivity (Wildman–Crippen MR) is 148 cm³/mol. The summed E-state index contributed by atoms with van der Waals surface area (Å²) in [6.07, 6.45) is 5.42. The van der Waals surface area contributed by atoms with Crippen LogP contribution in [0.25, 0.3) is 5.57 Å². The normalized spacial score (nSPS) is 21.9. The maximum Gasteiger partial charge on any atom is 0.323 e. The highest BCUT2D eigenvalue weighted by Gasteiger charge is 2.54. The van der Waals surface area contributed by atoms with Gasteiger partial charge in [-0.05, 0) is 45.7 Å². The van der Waals surface area contributed by atoms with Crippen LogP contribution in [0, 0.1) is 11.8 Å². The van der Waals surface area contributed by atoms with Gasteiger partial charge in [-0.3, -0.25) is 9.69 Å². The molecule has 0 fully saturated rings. The van der Waals surface area contributed by atoms with Crippen molar-refractivity contribution in [2.45, 2.75) is 38.4 Å². The second-order valence-corrected chi connectivity index (χ2v) is 10.3. The maximum absolute atomic E-state index is 13.6. The summed E-state index contributed by atoms with van der Waals surface area (Å²) in [6, 6.07) is 28.7. The first-order chi connectivity index (χ1) is 18.0. The van der Waals surface area contributed by atoms with E-state index in [9.17, 15) is 9.90 Å². The predicted octanol–water partition coefficient (Wildman–Crippen LogP) is 5.97. The summed E-state index contributed by atoms with van der Waals surface area (Å²) in [5.41, 5.74) is 6.40. The van der Waals surface area contributed by atoms with Gasteiger partial charge in [-0.1, -0.05) is 111 Å². The van der Waals surface area contributed by atoms with Crippen molar-refractivity contribution in [1.29, 1.82) is 0 Å². The number of hydrogen-bond acceptors (Lipinski definition) is 4. The van der Waals surface area contributed by atoms with Gasteiger partial charge in [0.25, 0.3) is 0 Å². The van der Waals surface area contributed by atoms with E-state index in [0.29, 0.717) is 12.5 Å². The average molecular weight is 494 g/mol. The van der Waals surface area contributed by atoms with Crippen LogP contribution in [0.4, 0.5) is 0 Å². The number of methoxy groups -OCH3 is 1. The number of carbonyl (C=O) groups excluding carboxylic acids is 1. The Morgan fingerprint density at radius 1 is 1.03 bits per heavy atom. The van der Waals surface area contributed by atoms with Crippen LogP contribution in [-0.2, 0) is 21.6 Å². The maximum atomic E-state index is 13.6. The molecular formula is C33H35NO3. The number of ether oxygens (including phenoxy) is 1. The highest BCUT2D eigenvalue weighted by atomic mass is 16.5. The van der Waals surface area contributed by atoms with E-state index in [1.807, 2.05) is 31.2 Å². The zero-order chi connectivity index (χ0) is 26.0. The number of nitrogens with zero attached hydrogens (tertiary/aromatic N) is 1. The first-order valence-corrected chi connectivity index (χ1v) is 13.1. The van der Waals surface area contributed by atoms with Crippen molar-refractivity contribution >= 4 is 11.5 Å². The molecule has 0 spiro atoms. The standard InChI is InChI=1S/C33H35NO3/c1-23-18-19-28-27-16-10-11-17-29(27)33(30(28)20-23,26-14-8-5-9-15-26)34(21-25-12-6-4-7-13-25)31(24(2)22-35)32(36)37-3/h4-19,23-24,31,35H,20-22H2,1-3H3/t23?,24-,31-,33?/m0/s1. The van der Waals surface area contributed by atoms with Gasteiger partial charge in [-0.25, -0.2) is 0 Å². The van der Waals surface area contributed by atoms with Gasteiger partial charge in [-0.2, -0.15) is 0 Å². The minimum absolute atomic E-state index is 0.125. The van der Waals surface area contributed by atoms with E-state index in [4.69, 9.17) is 4.74 Å². The van der Waals surface area contributed by atoms with Crippen LogP contribution in [-0.4, -0.2) is 35.7 Å². The molecule has 0 aromatic heterocycles. The fourth-order valence-electron chi connectivity index (χ4n) is 6.25. The SMILES string of the molecule is COC(=O)[C@H]([C@@H](C)CO)N(Cc1ccccc1)C1(c2ccccc2)C2=C(C=CC(C)C2)c2ccccc21. The van der Waals surface area contributed by atoms with Crippen LogP contribution in [0.1, 0.15) is 42.5 Å². The third kappa shape index (κ3) is 4.24. The van der Waals surface area contributed by atoms with Gasteiger partial charge in [0.05, 0.1) is 12.6 Å². The Hall–Kier alpha value is -3.47. The van der Waals surface area contributed by atoms with E-state index < -0.39 is 11.6 Å². The molecule has 3 aromatic carbocycles. The Morgan fingerprint density at radius 2 is 1.68 bits per heavy atom. The molecule has 0 radical (unpaired) electrons. The summed E-state index contributed by atoms with van der Waals surface area (Å²) in [4.78, 5) is 15.9. The molecule has 0 aliphatic heterocycles. The molecule has 1 N–H and O–H groups in total. The zero-order valence-electron chi connectivity index (χ0n) is 21.8. The summed E-state index contributed by atoms with van der Waals surface area (Å²) in [7, 11) is 1.44. The molecule has 190 valence electrons. The Kier molecular flexibility index (Phi) is 7.14. The van der Waals surface area contributed by atoms with Crippen molar-refractivity contribution in [3.63, 3.8) is 0 Å². The Bertz CT molecular complexity index is 1310. The van der Waals surface area contributed by atoms with E-state index in [-0.39, 0.29) is 18.5 Å². The largest absolute Gasteiger partial charge is 0.468 e. The molecule has 2 aliphatic carbocycles. The van der Waals surface area contributed by atoms with E-state index in [0.717, 1.165) is 17.5 Å². The van der Waals surface area contributed by atoms with Gasteiger partial charge < -0.3 is 9.84 Å². The second kappa shape index (κ2) is 10.5. The molecular weight excluding hydrogens is 458 g/mol. The average Bonchev–Trinajstić information content (AvgIpc) is 3.23. The molecule has 0 bridgehead atoms. The lowest BCUT2D eigenvalue weighted by Crippen LogP contribution is -2.57. The lowest BCUT2D eigenvalue weighted by molar-refractivity contribution is -0.152. The van der Waals surface area contributed by atoms with E-state index in [2.05, 4.69) is 84.6 Å². The number of esters is 1. The van der Waals surface area contributed by atoms with Gasteiger partial charge in [0.15, 0.2) is 0 Å². The van der Waals surface area contributed by atoms with Crippen LogP contribution in [0.5, 0.6) is 0 Å². The van der Waals surface area contributed by atoms with Gasteiger partial charge in [-0.15, -0.1) is 0 Å². The Balaban J connectivity index is 1.87. The minimum atomic E-state index is -0.704. The van der Waals surface area contributed by atoms with Gasteiger partial charge in [0.2, 0.25) is 0 Å². The number of fused-ring (bicyclic) bond motifs is 2. The van der Waals surface area contributed by atoms with Crippen LogP contribution in [0.2, 0.25) is 0 Å². The lowest BCUT2D eigenvalue weighted by Gasteiger charge is -2.49. The molecule has 5 rings (SSSR count). The molecule has 0 saturated carbocycles. The van der Waals surface area contributed by atoms with Crippen LogP contribution in [0.3, 0.4) is 0 Å². The number of benzene rings is 3. The number of aliphatic hydroxyl groups is 1. The number of aliphatic hydroxyl groups excluding tert-OH is 1. The highest BCUT2D eigenvalue weighted by molar-refractivity contribution is 5.89. The lowest BCUT2D eigenvalue weighted by atomic mass is 9.73. The molecule has 2 unspecified atom stereocenters. The summed E-state index contributed by atoms with van der Waals surface area (Å²) < 4.78 is 5.42. The summed E-state index contributed by atoms with van der Waals surface area (Å²) in [6.45, 7) is 4.56. The van der Waals surface area contributed by atoms with Crippen LogP contribution < -0.4 is 0 Å². The van der Waals surface area contributed by atoms with E-state index in [1.54, 1.807) is 0 Å². The first-order valence-electron chi connectivity index (χ1n) is 13.1. The van der Waals surface area contributed by atoms with Crippen molar-refractivity contribution in [3.8, 4) is 0 Å². The smallest absolute Gasteiger partial charge is 0.323 e. The molecule has 0 amide bonds. The quantitative estimate of drug-likeness (QED) is 0.393. The van der Waals surface area contributed by atoms with Crippen molar-refractivity contribution in [2.75, 3.05) is 13.7 Å². The van der Waals surface area contributed by atoms with Gasteiger partial charge >= 0.3 is 5.97 Å². The van der Waals surface area contributed by atoms with Gasteiger partial charge in [0.1, 0.15) is 6.04 Å². The molecule has 3 aromatic rings. The minimum Gasteiger partial charge on any atom is -0.468 e. The third-order valence-corrected chi connectivity index (χ3v) is 7.91. The van der Waals surface area contributed by atoms with Crippen molar-refractivity contribution in [3.05, 3.63) is 125 Å². The fraction of sp³-hybridized carbons (Fsp3) is 0.303. The van der Waals surface area contributed by atoms with Crippen molar-refractivity contribution < 1.29 is 14.6 Å². The molecule has 4 atom stereocenters. The third-order valence-electron chi connectivity index (χ3n) is 7.91.